The summed E-state index contributed by atoms with van der Waals surface area (Å²) in [4.78, 5) is 27.3. The van der Waals surface area contributed by atoms with Gasteiger partial charge in [-0.25, -0.2) is 4.79 Å². The number of carbonyl (C=O) groups excluding carboxylic acids is 2. The number of ether oxygens (including phenoxy) is 1. The second-order valence-corrected chi connectivity index (χ2v) is 5.86. The minimum atomic E-state index is -0.469. The normalized spacial score (nSPS) is 17.3. The van der Waals surface area contributed by atoms with Crippen LogP contribution in [0.3, 0.4) is 0 Å². The third-order valence-corrected chi connectivity index (χ3v) is 4.56. The summed E-state index contributed by atoms with van der Waals surface area (Å²) in [6.07, 6.45) is 1.47. The predicted octanol–water partition coefficient (Wildman–Crippen LogP) is 1.14. The van der Waals surface area contributed by atoms with Gasteiger partial charge in [-0.15, -0.1) is 11.3 Å². The van der Waals surface area contributed by atoms with Gasteiger partial charge in [0, 0.05) is 6.54 Å². The fourth-order valence-corrected chi connectivity index (χ4v) is 3.38. The van der Waals surface area contributed by atoms with E-state index in [-0.39, 0.29) is 18.4 Å². The molecule has 6 heteroatoms. The van der Waals surface area contributed by atoms with Crippen molar-refractivity contribution in [3.8, 4) is 11.8 Å². The highest BCUT2D eigenvalue weighted by Gasteiger charge is 2.35. The molecule has 2 heterocycles. The van der Waals surface area contributed by atoms with Crippen molar-refractivity contribution in [2.24, 2.45) is 5.73 Å². The fourth-order valence-electron chi connectivity index (χ4n) is 2.38. The molecule has 1 atom stereocenters. The van der Waals surface area contributed by atoms with Crippen LogP contribution >= 0.6 is 11.3 Å². The first-order valence-corrected chi connectivity index (χ1v) is 7.58. The van der Waals surface area contributed by atoms with Gasteiger partial charge in [0.25, 0.3) is 5.91 Å². The van der Waals surface area contributed by atoms with Crippen LogP contribution in [0.25, 0.3) is 0 Å². The molecule has 1 unspecified atom stereocenters. The number of rotatable bonds is 2. The number of carbonyl (C=O) groups is 2. The number of esters is 1. The zero-order valence-corrected chi connectivity index (χ0v) is 13.0. The third kappa shape index (κ3) is 3.26. The van der Waals surface area contributed by atoms with E-state index in [9.17, 15) is 9.59 Å². The van der Waals surface area contributed by atoms with Crippen molar-refractivity contribution in [3.05, 3.63) is 21.4 Å². The second-order valence-electron chi connectivity index (χ2n) is 4.81. The van der Waals surface area contributed by atoms with Crippen LogP contribution in [-0.4, -0.2) is 43.0 Å². The van der Waals surface area contributed by atoms with Gasteiger partial charge < -0.3 is 15.4 Å². The van der Waals surface area contributed by atoms with Crippen LogP contribution in [0.15, 0.2) is 6.07 Å². The van der Waals surface area contributed by atoms with Crippen LogP contribution in [-0.2, 0) is 9.53 Å². The highest BCUT2D eigenvalue weighted by molar-refractivity contribution is 7.14. The summed E-state index contributed by atoms with van der Waals surface area (Å²) >= 11 is 1.34. The molecule has 0 saturated carbocycles. The summed E-state index contributed by atoms with van der Waals surface area (Å²) in [6, 6.07) is 1.35. The summed E-state index contributed by atoms with van der Waals surface area (Å²) in [6.45, 7) is 2.78. The zero-order valence-electron chi connectivity index (χ0n) is 12.1. The molecule has 0 aromatic carbocycles. The monoisotopic (exact) mass is 306 g/mol. The number of amides is 1. The molecule has 21 heavy (non-hydrogen) atoms. The first kappa shape index (κ1) is 15.5. The number of thiophene rings is 1. The Bertz CT molecular complexity index is 612. The Morgan fingerprint density at radius 1 is 1.57 bits per heavy atom. The van der Waals surface area contributed by atoms with E-state index in [2.05, 4.69) is 11.8 Å². The molecule has 0 bridgehead atoms. The minimum absolute atomic E-state index is 0.128. The van der Waals surface area contributed by atoms with Crippen LogP contribution < -0.4 is 5.73 Å². The standard InChI is InChI=1S/C15H18N2O3S/c1-10-9-13(21-12(10)6-3-7-16)14(18)17-8-4-5-11(17)15(19)20-2/h9,11H,4-5,7-8,16H2,1-2H3. The van der Waals surface area contributed by atoms with Gasteiger partial charge in [0.1, 0.15) is 6.04 Å². The van der Waals surface area contributed by atoms with Gasteiger partial charge in [0.05, 0.1) is 23.4 Å². The maximum absolute atomic E-state index is 12.6. The molecule has 2 N–H and O–H groups in total. The molecule has 1 aliphatic heterocycles. The molecule has 1 aromatic rings. The van der Waals surface area contributed by atoms with Gasteiger partial charge >= 0.3 is 5.97 Å². The highest BCUT2D eigenvalue weighted by Crippen LogP contribution is 2.26. The Kier molecular flexibility index (Phi) is 4.99. The number of methoxy groups -OCH3 is 1. The number of hydrogen-bond donors (Lipinski definition) is 1. The molecule has 0 radical (unpaired) electrons. The van der Waals surface area contributed by atoms with Crippen LogP contribution in [0, 0.1) is 18.8 Å². The van der Waals surface area contributed by atoms with Crippen molar-refractivity contribution >= 4 is 23.2 Å². The lowest BCUT2D eigenvalue weighted by molar-refractivity contribution is -0.145. The van der Waals surface area contributed by atoms with Crippen LogP contribution in [0.5, 0.6) is 0 Å². The summed E-state index contributed by atoms with van der Waals surface area (Å²) in [7, 11) is 1.35. The van der Waals surface area contributed by atoms with E-state index in [1.807, 2.05) is 13.0 Å². The predicted molar refractivity (Wildman–Crippen MR) is 81.1 cm³/mol. The zero-order chi connectivity index (χ0) is 15.4. The second kappa shape index (κ2) is 6.74. The molecule has 1 aliphatic rings. The van der Waals surface area contributed by atoms with E-state index < -0.39 is 6.04 Å². The maximum Gasteiger partial charge on any atom is 0.328 e. The quantitative estimate of drug-likeness (QED) is 0.657. The van der Waals surface area contributed by atoms with E-state index >= 15 is 0 Å². The fraction of sp³-hybridized carbons (Fsp3) is 0.467. The van der Waals surface area contributed by atoms with Crippen LogP contribution in [0.1, 0.15) is 33.0 Å². The first-order chi connectivity index (χ1) is 10.1. The van der Waals surface area contributed by atoms with Crippen molar-refractivity contribution in [2.45, 2.75) is 25.8 Å². The molecular formula is C15H18N2O3S. The van der Waals surface area contributed by atoms with Gasteiger partial charge in [0.2, 0.25) is 0 Å². The summed E-state index contributed by atoms with van der Waals surface area (Å²) < 4.78 is 4.77. The number of aryl methyl sites for hydroxylation is 1. The molecule has 112 valence electrons. The summed E-state index contributed by atoms with van der Waals surface area (Å²) in [5, 5.41) is 0. The van der Waals surface area contributed by atoms with Gasteiger partial charge in [0.15, 0.2) is 0 Å². The Labute approximate surface area is 128 Å². The Balaban J connectivity index is 2.22. The molecule has 1 saturated heterocycles. The molecular weight excluding hydrogens is 288 g/mol. The Hall–Kier alpha value is -1.84. The molecule has 5 nitrogen and oxygen atoms in total. The SMILES string of the molecule is COC(=O)C1CCCN1C(=O)c1cc(C)c(C#CCN)s1. The maximum atomic E-state index is 12.6. The number of likely N-dealkylation sites (tertiary alicyclic amines) is 1. The van der Waals surface area contributed by atoms with Crippen molar-refractivity contribution in [2.75, 3.05) is 20.2 Å². The van der Waals surface area contributed by atoms with Crippen molar-refractivity contribution in [3.63, 3.8) is 0 Å². The van der Waals surface area contributed by atoms with Gasteiger partial charge in [-0.05, 0) is 31.4 Å². The average molecular weight is 306 g/mol. The smallest absolute Gasteiger partial charge is 0.328 e. The lowest BCUT2D eigenvalue weighted by Gasteiger charge is -2.21. The number of hydrogen-bond acceptors (Lipinski definition) is 5. The first-order valence-electron chi connectivity index (χ1n) is 6.76. The summed E-state index contributed by atoms with van der Waals surface area (Å²) in [5.41, 5.74) is 6.32. The van der Waals surface area contributed by atoms with Gasteiger partial charge in [-0.3, -0.25) is 4.79 Å². The molecule has 0 aliphatic carbocycles. The van der Waals surface area contributed by atoms with E-state index in [4.69, 9.17) is 10.5 Å². The average Bonchev–Trinajstić information content (AvgIpc) is 3.10. The number of nitrogens with zero attached hydrogens (tertiary/aromatic N) is 1. The molecule has 1 aromatic heterocycles. The van der Waals surface area contributed by atoms with Crippen LogP contribution in [0.2, 0.25) is 0 Å². The van der Waals surface area contributed by atoms with E-state index in [1.54, 1.807) is 4.90 Å². The van der Waals surface area contributed by atoms with E-state index in [1.165, 1.54) is 18.4 Å². The molecule has 0 spiro atoms. The van der Waals surface area contributed by atoms with Gasteiger partial charge in [-0.1, -0.05) is 11.8 Å². The van der Waals surface area contributed by atoms with Gasteiger partial charge in [-0.2, -0.15) is 0 Å². The minimum Gasteiger partial charge on any atom is -0.467 e. The van der Waals surface area contributed by atoms with E-state index in [0.717, 1.165) is 16.9 Å². The summed E-state index contributed by atoms with van der Waals surface area (Å²) in [5.74, 6) is 5.28. The Morgan fingerprint density at radius 3 is 3.00 bits per heavy atom. The molecule has 2 rings (SSSR count). The van der Waals surface area contributed by atoms with Crippen LogP contribution in [0.4, 0.5) is 0 Å². The Morgan fingerprint density at radius 2 is 2.33 bits per heavy atom. The van der Waals surface area contributed by atoms with E-state index in [0.29, 0.717) is 17.8 Å². The third-order valence-electron chi connectivity index (χ3n) is 3.42. The molecule has 1 amide bonds. The van der Waals surface area contributed by atoms with Crippen molar-refractivity contribution in [1.29, 1.82) is 0 Å². The highest BCUT2D eigenvalue weighted by atomic mass is 32.1. The largest absolute Gasteiger partial charge is 0.467 e. The number of nitrogens with two attached hydrogens (primary N) is 1. The topological polar surface area (TPSA) is 72.6 Å². The van der Waals surface area contributed by atoms with Crippen molar-refractivity contribution in [1.82, 2.24) is 4.90 Å². The lowest BCUT2D eigenvalue weighted by atomic mass is 10.2. The lowest BCUT2D eigenvalue weighted by Crippen LogP contribution is -2.40. The molecule has 1 fully saturated rings. The van der Waals surface area contributed by atoms with Crippen molar-refractivity contribution < 1.29 is 14.3 Å².